The number of oxime groups is 1. The summed E-state index contributed by atoms with van der Waals surface area (Å²) < 4.78 is 26.7. The average molecular weight is 1140 g/mol. The number of likely N-dealkylation sites (tertiary alicyclic amines) is 2. The molecule has 26 nitrogen and oxygen atoms in total. The first-order chi connectivity index (χ1) is 38.3. The summed E-state index contributed by atoms with van der Waals surface area (Å²) in [5.41, 5.74) is 10.7. The van der Waals surface area contributed by atoms with Crippen molar-refractivity contribution in [2.75, 3.05) is 50.0 Å². The Morgan fingerprint density at radius 2 is 1.14 bits per heavy atom. The molecule has 0 saturated carbocycles. The highest BCUT2D eigenvalue weighted by molar-refractivity contribution is 5.99. The molecular weight excluding hydrogens is 1060 g/mol. The van der Waals surface area contributed by atoms with Crippen LogP contribution in [0.4, 0.5) is 27.3 Å². The van der Waals surface area contributed by atoms with Gasteiger partial charge < -0.3 is 60.4 Å². The summed E-state index contributed by atoms with van der Waals surface area (Å²) in [5, 5.41) is 37.0. The number of fused-ring (bicyclic) bond motifs is 2. The number of nitrogens with zero attached hydrogens (tertiary/aromatic N) is 14. The van der Waals surface area contributed by atoms with E-state index in [9.17, 15) is 14.8 Å². The van der Waals surface area contributed by atoms with Crippen molar-refractivity contribution in [1.82, 2.24) is 59.3 Å². The van der Waals surface area contributed by atoms with Crippen molar-refractivity contribution in [1.29, 1.82) is 0 Å². The standard InChI is InChI=1S/C27H37N9O4.C27H34N8O3.ClH.H3NO/c1-16-14-29-25(30-17-8-7-12-35(15-17)26(37)40-27(2,3)4)32-21(16)22-18-10-11-19(23(28)34-38)31-24(18)36(33-22)20-9-5-6-13-39-20;1-17-15-29-25(30-18-9-8-13-34(16-18)26(36)38-27(2,3)4)32-22(17)23-19-11-12-20(28-5)31-24(19)35(33-23)21-10-6-7-14-37-21;;1-2/h10-11,14,17,20,38H,5-9,12-13,15H2,1-4H3,(H2,28,34)(H,29,30,32);11-12,15,18,21H,6-10,13-14,16H2,1-4H3,(H,29,30,32);1H;2H,1H2/t17-,20?;18-,21?;;/m00../s1. The number of nitrogens with one attached hydrogen (secondary N) is 2. The Labute approximate surface area is 476 Å². The van der Waals surface area contributed by atoms with E-state index in [4.69, 9.17) is 56.6 Å². The molecule has 0 aliphatic carbocycles. The van der Waals surface area contributed by atoms with Crippen LogP contribution in [0, 0.1) is 20.4 Å². The van der Waals surface area contributed by atoms with Crippen molar-refractivity contribution >= 4 is 70.2 Å². The zero-order valence-corrected chi connectivity index (χ0v) is 48.1. The number of amides is 2. The van der Waals surface area contributed by atoms with Crippen LogP contribution in [0.1, 0.15) is 135 Å². The number of hydrogen-bond acceptors (Lipinski definition) is 20. The number of piperidine rings is 2. The van der Waals surface area contributed by atoms with E-state index >= 15 is 0 Å². The van der Waals surface area contributed by atoms with Gasteiger partial charge in [0.25, 0.3) is 11.5 Å². The Morgan fingerprint density at radius 1 is 0.679 bits per heavy atom. The van der Waals surface area contributed by atoms with E-state index in [1.54, 1.807) is 43.7 Å². The second-order valence-corrected chi connectivity index (χ2v) is 22.2. The molecule has 0 bridgehead atoms. The van der Waals surface area contributed by atoms with Gasteiger partial charge in [0.05, 0.1) is 16.8 Å². The number of aryl methyl sites for hydroxylation is 2. The number of aromatic nitrogens is 10. The third kappa shape index (κ3) is 15.1. The minimum absolute atomic E-state index is 0. The van der Waals surface area contributed by atoms with Gasteiger partial charge in [-0.15, -0.1) is 12.4 Å². The highest BCUT2D eigenvalue weighted by Gasteiger charge is 2.32. The van der Waals surface area contributed by atoms with E-state index in [1.165, 1.54) is 0 Å². The van der Waals surface area contributed by atoms with Crippen LogP contribution in [0.25, 0.3) is 49.7 Å². The quantitative estimate of drug-likeness (QED) is 0.0259. The molecule has 10 rings (SSSR count). The van der Waals surface area contributed by atoms with Crippen LogP contribution in [0.2, 0.25) is 0 Å². The van der Waals surface area contributed by atoms with E-state index < -0.39 is 11.2 Å². The normalized spacial score (nSPS) is 19.7. The Bertz CT molecular complexity index is 3210. The summed E-state index contributed by atoms with van der Waals surface area (Å²) in [6, 6.07) is 7.11. The summed E-state index contributed by atoms with van der Waals surface area (Å²) in [6.07, 6.45) is 11.6. The lowest BCUT2D eigenvalue weighted by molar-refractivity contribution is -0.0369. The van der Waals surface area contributed by atoms with Crippen LogP contribution in [0.3, 0.4) is 0 Å². The Balaban J connectivity index is 0.000000224. The number of nitrogens with two attached hydrogens (primary N) is 2. The summed E-state index contributed by atoms with van der Waals surface area (Å²) >= 11 is 0. The lowest BCUT2D eigenvalue weighted by atomic mass is 10.1. The zero-order valence-electron chi connectivity index (χ0n) is 47.3. The molecule has 27 heteroatoms. The minimum Gasteiger partial charge on any atom is -0.444 e. The molecule has 4 aliphatic heterocycles. The number of halogens is 1. The van der Waals surface area contributed by atoms with Crippen molar-refractivity contribution < 1.29 is 39.0 Å². The van der Waals surface area contributed by atoms with E-state index in [0.717, 1.165) is 86.1 Å². The molecule has 0 aromatic carbocycles. The SMILES string of the molecule is Cc1cnc(N[C@H]2CCCN(C(=O)OC(C)(C)C)C2)nc1-c1nn(C2CCCCO2)c2nc(/C(N)=N/O)ccc12.Cl.NO.[C-]#[N+]c1ccc2c(-c3nc(N[C@H]4CCCN(C(=O)OC(C)(C)C)C4)ncc3C)nn(C3CCCCO3)c2n1. The van der Waals surface area contributed by atoms with Crippen LogP contribution in [-0.2, 0) is 18.9 Å². The number of carbonyl (C=O) groups excluding carboxylic acids is 2. The minimum atomic E-state index is -0.548. The van der Waals surface area contributed by atoms with Crippen LogP contribution in [-0.4, -0.2) is 150 Å². The van der Waals surface area contributed by atoms with Gasteiger partial charge in [0.2, 0.25) is 11.9 Å². The van der Waals surface area contributed by atoms with Crippen LogP contribution >= 0.6 is 12.4 Å². The molecule has 4 atom stereocenters. The number of carbonyl (C=O) groups is 2. The van der Waals surface area contributed by atoms with Gasteiger partial charge in [-0.3, -0.25) is 0 Å². The average Bonchev–Trinajstić information content (AvgIpc) is 4.14. The topological polar surface area (TPSA) is 324 Å². The first-order valence-corrected chi connectivity index (χ1v) is 27.1. The van der Waals surface area contributed by atoms with Crippen LogP contribution in [0.15, 0.2) is 41.8 Å². The molecule has 0 radical (unpaired) electrons. The van der Waals surface area contributed by atoms with Gasteiger partial charge in [-0.25, -0.2) is 45.1 Å². The van der Waals surface area contributed by atoms with Gasteiger partial charge >= 0.3 is 12.2 Å². The molecule has 0 spiro atoms. The monoisotopic (exact) mass is 1140 g/mol. The summed E-state index contributed by atoms with van der Waals surface area (Å²) in [4.78, 5) is 60.2. The Morgan fingerprint density at radius 3 is 1.56 bits per heavy atom. The van der Waals surface area contributed by atoms with E-state index in [0.29, 0.717) is 96.9 Å². The number of rotatable bonds is 9. The zero-order chi connectivity index (χ0) is 57.3. The fourth-order valence-electron chi connectivity index (χ4n) is 9.91. The summed E-state index contributed by atoms with van der Waals surface area (Å²) in [5.74, 6) is 4.66. The Kier molecular flexibility index (Phi) is 20.2. The van der Waals surface area contributed by atoms with Gasteiger partial charge in [0.15, 0.2) is 23.9 Å². The highest BCUT2D eigenvalue weighted by atomic mass is 35.5. The first-order valence-electron chi connectivity index (χ1n) is 27.1. The second-order valence-electron chi connectivity index (χ2n) is 22.2. The smallest absolute Gasteiger partial charge is 0.410 e. The highest BCUT2D eigenvalue weighted by Crippen LogP contribution is 2.36. The lowest BCUT2D eigenvalue weighted by Gasteiger charge is -2.34. The van der Waals surface area contributed by atoms with Gasteiger partial charge in [0.1, 0.15) is 28.3 Å². The number of hydrogen-bond donors (Lipinski definition) is 6. The number of pyridine rings is 2. The third-order valence-electron chi connectivity index (χ3n) is 13.6. The van der Waals surface area contributed by atoms with Gasteiger partial charge in [-0.05, 0) is 149 Å². The molecule has 436 valence electrons. The van der Waals surface area contributed by atoms with Gasteiger partial charge in [-0.1, -0.05) is 22.8 Å². The van der Waals surface area contributed by atoms with Crippen molar-refractivity contribution in [3.05, 3.63) is 64.9 Å². The molecule has 6 aromatic heterocycles. The van der Waals surface area contributed by atoms with Gasteiger partial charge in [-0.2, -0.15) is 14.9 Å². The molecule has 8 N–H and O–H groups in total. The molecule has 6 aromatic rings. The van der Waals surface area contributed by atoms with Crippen LogP contribution in [0.5, 0.6) is 0 Å². The number of ether oxygens (including phenoxy) is 4. The fraction of sp³-hybridized carbons (Fsp3) is 0.556. The maximum atomic E-state index is 12.6. The largest absolute Gasteiger partial charge is 0.444 e. The molecule has 81 heavy (non-hydrogen) atoms. The van der Waals surface area contributed by atoms with Crippen molar-refractivity contribution in [2.45, 2.75) is 155 Å². The van der Waals surface area contributed by atoms with Crippen LogP contribution < -0.4 is 22.3 Å². The van der Waals surface area contributed by atoms with Gasteiger partial charge in [0, 0.05) is 69.3 Å². The molecule has 4 saturated heterocycles. The molecule has 2 unspecified atom stereocenters. The second kappa shape index (κ2) is 26.8. The summed E-state index contributed by atoms with van der Waals surface area (Å²) in [6.45, 7) is 26.2. The predicted molar refractivity (Wildman–Crippen MR) is 305 cm³/mol. The summed E-state index contributed by atoms with van der Waals surface area (Å²) in [7, 11) is 0. The third-order valence-corrected chi connectivity index (χ3v) is 13.6. The first kappa shape index (κ1) is 61.1. The molecule has 4 aliphatic rings. The molecule has 2 amide bonds. The van der Waals surface area contributed by atoms with Crippen molar-refractivity contribution in [2.24, 2.45) is 16.8 Å². The molecule has 10 heterocycles. The number of anilines is 2. The van der Waals surface area contributed by atoms with E-state index in [1.807, 2.05) is 67.5 Å². The number of amidine groups is 1. The van der Waals surface area contributed by atoms with Crippen molar-refractivity contribution in [3.8, 4) is 22.8 Å². The fourth-order valence-corrected chi connectivity index (χ4v) is 9.91. The van der Waals surface area contributed by atoms with Crippen molar-refractivity contribution in [3.63, 3.8) is 0 Å². The molecule has 4 fully saturated rings. The lowest BCUT2D eigenvalue weighted by Crippen LogP contribution is -2.47. The molecular formula is C54H75ClN18O8. The Hall–Kier alpha value is -7.57. The maximum Gasteiger partial charge on any atom is 0.410 e. The predicted octanol–water partition coefficient (Wildman–Crippen LogP) is 8.82. The maximum absolute atomic E-state index is 12.6. The van der Waals surface area contributed by atoms with E-state index in [-0.39, 0.29) is 55.0 Å². The van der Waals surface area contributed by atoms with E-state index in [2.05, 4.69) is 46.5 Å².